The molecule has 1 aromatic carbocycles. The number of carbonyl (C=O) groups excluding carboxylic acids is 2. The highest BCUT2D eigenvalue weighted by molar-refractivity contribution is 5.94. The van der Waals surface area contributed by atoms with Crippen molar-refractivity contribution in [3.8, 4) is 0 Å². The van der Waals surface area contributed by atoms with Crippen molar-refractivity contribution in [2.24, 2.45) is 0 Å². The Morgan fingerprint density at radius 3 is 2.65 bits per heavy atom. The lowest BCUT2D eigenvalue weighted by molar-refractivity contribution is -0.117. The minimum atomic E-state index is -0.364. The first-order chi connectivity index (χ1) is 12.5. The second-order valence-corrected chi connectivity index (χ2v) is 6.30. The lowest BCUT2D eigenvalue weighted by atomic mass is 10.2. The fraction of sp³-hybridized carbons (Fsp3) is 0.389. The van der Waals surface area contributed by atoms with Crippen LogP contribution in [-0.4, -0.2) is 59.5 Å². The summed E-state index contributed by atoms with van der Waals surface area (Å²) in [5.41, 5.74) is 0.471. The van der Waals surface area contributed by atoms with E-state index in [0.717, 1.165) is 13.0 Å². The third kappa shape index (κ3) is 4.66. The van der Waals surface area contributed by atoms with Gasteiger partial charge in [-0.05, 0) is 37.6 Å². The molecule has 26 heavy (non-hydrogen) atoms. The van der Waals surface area contributed by atoms with Crippen molar-refractivity contribution in [3.05, 3.63) is 47.5 Å². The lowest BCUT2D eigenvalue weighted by Gasteiger charge is -2.21. The molecule has 0 aliphatic carbocycles. The molecular weight excluding hydrogens is 339 g/mol. The van der Waals surface area contributed by atoms with Gasteiger partial charge in [0.15, 0.2) is 5.82 Å². The molecular formula is C18H21FN4O3. The maximum absolute atomic E-state index is 13.0. The van der Waals surface area contributed by atoms with Crippen molar-refractivity contribution in [1.29, 1.82) is 0 Å². The highest BCUT2D eigenvalue weighted by Gasteiger charge is 2.21. The van der Waals surface area contributed by atoms with Crippen LogP contribution in [0.5, 0.6) is 0 Å². The number of amides is 2. The van der Waals surface area contributed by atoms with Crippen LogP contribution in [0, 0.1) is 12.7 Å². The molecule has 7 nitrogen and oxygen atoms in total. The van der Waals surface area contributed by atoms with Gasteiger partial charge in [-0.3, -0.25) is 14.5 Å². The number of anilines is 1. The molecule has 1 aromatic heterocycles. The molecule has 8 heteroatoms. The summed E-state index contributed by atoms with van der Waals surface area (Å²) >= 11 is 0. The molecule has 0 saturated carbocycles. The van der Waals surface area contributed by atoms with Crippen molar-refractivity contribution in [2.45, 2.75) is 13.3 Å². The van der Waals surface area contributed by atoms with Crippen LogP contribution >= 0.6 is 0 Å². The Morgan fingerprint density at radius 1 is 1.19 bits per heavy atom. The van der Waals surface area contributed by atoms with Crippen LogP contribution in [0.15, 0.2) is 34.9 Å². The Kier molecular flexibility index (Phi) is 5.62. The fourth-order valence-corrected chi connectivity index (χ4v) is 2.92. The third-order valence-electron chi connectivity index (χ3n) is 4.23. The summed E-state index contributed by atoms with van der Waals surface area (Å²) in [6.45, 7) is 4.43. The molecule has 138 valence electrons. The zero-order chi connectivity index (χ0) is 18.5. The zero-order valence-electron chi connectivity index (χ0n) is 14.6. The molecule has 0 spiro atoms. The van der Waals surface area contributed by atoms with E-state index in [1.165, 1.54) is 24.3 Å². The summed E-state index contributed by atoms with van der Waals surface area (Å²) in [7, 11) is 0. The van der Waals surface area contributed by atoms with Crippen LogP contribution in [0.1, 0.15) is 22.5 Å². The van der Waals surface area contributed by atoms with Crippen LogP contribution in [0.3, 0.4) is 0 Å². The molecule has 1 aliphatic heterocycles. The highest BCUT2D eigenvalue weighted by atomic mass is 19.1. The number of hydrogen-bond donors (Lipinski definition) is 1. The van der Waals surface area contributed by atoms with Crippen molar-refractivity contribution >= 4 is 17.6 Å². The smallest absolute Gasteiger partial charge is 0.253 e. The van der Waals surface area contributed by atoms with E-state index in [9.17, 15) is 14.0 Å². The molecule has 2 amide bonds. The number of nitrogens with one attached hydrogen (secondary N) is 1. The standard InChI is InChI=1S/C18H21FN4O3/c1-13-11-16(21-26-13)20-17(24)12-22-7-2-8-23(10-9-22)18(25)14-3-5-15(19)6-4-14/h3-6,11H,2,7-10,12H2,1H3,(H,20,21,24). The highest BCUT2D eigenvalue weighted by Crippen LogP contribution is 2.11. The third-order valence-corrected chi connectivity index (χ3v) is 4.23. The normalized spacial score (nSPS) is 15.5. The summed E-state index contributed by atoms with van der Waals surface area (Å²) in [6.07, 6.45) is 0.767. The van der Waals surface area contributed by atoms with Crippen LogP contribution in [0.4, 0.5) is 10.2 Å². The van der Waals surface area contributed by atoms with E-state index in [2.05, 4.69) is 10.5 Å². The first-order valence-electron chi connectivity index (χ1n) is 8.51. The fourth-order valence-electron chi connectivity index (χ4n) is 2.92. The molecule has 1 fully saturated rings. The van der Waals surface area contributed by atoms with E-state index < -0.39 is 0 Å². The van der Waals surface area contributed by atoms with Gasteiger partial charge in [-0.25, -0.2) is 4.39 Å². The maximum Gasteiger partial charge on any atom is 0.253 e. The Morgan fingerprint density at radius 2 is 1.96 bits per heavy atom. The number of aryl methyl sites for hydroxylation is 1. The molecule has 3 rings (SSSR count). The van der Waals surface area contributed by atoms with Gasteiger partial charge in [-0.2, -0.15) is 0 Å². The SMILES string of the molecule is Cc1cc(NC(=O)CN2CCCN(C(=O)c3ccc(F)cc3)CC2)no1. The van der Waals surface area contributed by atoms with Gasteiger partial charge in [-0.15, -0.1) is 0 Å². The topological polar surface area (TPSA) is 78.7 Å². The molecule has 0 atom stereocenters. The van der Waals surface area contributed by atoms with Crippen LogP contribution in [0.2, 0.25) is 0 Å². The second-order valence-electron chi connectivity index (χ2n) is 6.30. The average Bonchev–Trinajstić information content (AvgIpc) is 2.88. The summed E-state index contributed by atoms with van der Waals surface area (Å²) in [5, 5.41) is 6.43. The molecule has 1 N–H and O–H groups in total. The molecule has 2 heterocycles. The Hall–Kier alpha value is -2.74. The average molecular weight is 360 g/mol. The minimum absolute atomic E-state index is 0.116. The number of halogens is 1. The Bertz CT molecular complexity index is 775. The van der Waals surface area contributed by atoms with Gasteiger partial charge in [0.2, 0.25) is 5.91 Å². The monoisotopic (exact) mass is 360 g/mol. The first-order valence-corrected chi connectivity index (χ1v) is 8.51. The van der Waals surface area contributed by atoms with Crippen LogP contribution < -0.4 is 5.32 Å². The number of nitrogens with zero attached hydrogens (tertiary/aromatic N) is 3. The van der Waals surface area contributed by atoms with Gasteiger partial charge in [0, 0.05) is 37.8 Å². The minimum Gasteiger partial charge on any atom is -0.360 e. The van der Waals surface area contributed by atoms with E-state index in [1.54, 1.807) is 17.9 Å². The van der Waals surface area contributed by atoms with Gasteiger partial charge in [0.1, 0.15) is 11.6 Å². The Balaban J connectivity index is 1.52. The zero-order valence-corrected chi connectivity index (χ0v) is 14.6. The predicted molar refractivity (Wildman–Crippen MR) is 93.2 cm³/mol. The van der Waals surface area contributed by atoms with E-state index in [4.69, 9.17) is 4.52 Å². The number of carbonyl (C=O) groups is 2. The van der Waals surface area contributed by atoms with Crippen molar-refractivity contribution < 1.29 is 18.5 Å². The van der Waals surface area contributed by atoms with Crippen LogP contribution in [0.25, 0.3) is 0 Å². The molecule has 0 bridgehead atoms. The van der Waals surface area contributed by atoms with E-state index in [-0.39, 0.29) is 24.2 Å². The number of hydrogen-bond acceptors (Lipinski definition) is 5. The number of rotatable bonds is 4. The predicted octanol–water partition coefficient (Wildman–Crippen LogP) is 1.91. The number of aromatic nitrogens is 1. The van der Waals surface area contributed by atoms with E-state index in [1.807, 2.05) is 4.90 Å². The van der Waals surface area contributed by atoms with Gasteiger partial charge in [-0.1, -0.05) is 5.16 Å². The first kappa shape index (κ1) is 18.1. The van der Waals surface area contributed by atoms with Gasteiger partial charge in [0.05, 0.1) is 6.54 Å². The molecule has 1 saturated heterocycles. The molecule has 1 aliphatic rings. The van der Waals surface area contributed by atoms with Crippen molar-refractivity contribution in [3.63, 3.8) is 0 Å². The summed E-state index contributed by atoms with van der Waals surface area (Å²) in [5.74, 6) is 0.378. The molecule has 0 unspecified atom stereocenters. The number of benzene rings is 1. The van der Waals surface area contributed by atoms with Gasteiger partial charge in [0.25, 0.3) is 5.91 Å². The van der Waals surface area contributed by atoms with E-state index in [0.29, 0.717) is 36.8 Å². The molecule has 0 radical (unpaired) electrons. The summed E-state index contributed by atoms with van der Waals surface area (Å²) in [4.78, 5) is 28.4. The Labute approximate surface area is 150 Å². The second kappa shape index (κ2) is 8.09. The maximum atomic E-state index is 13.0. The largest absolute Gasteiger partial charge is 0.360 e. The van der Waals surface area contributed by atoms with Gasteiger partial charge >= 0.3 is 0 Å². The van der Waals surface area contributed by atoms with E-state index >= 15 is 0 Å². The lowest BCUT2D eigenvalue weighted by Crippen LogP contribution is -2.38. The molecule has 2 aromatic rings. The van der Waals surface area contributed by atoms with Crippen LogP contribution in [-0.2, 0) is 4.79 Å². The van der Waals surface area contributed by atoms with Crippen molar-refractivity contribution in [2.75, 3.05) is 38.0 Å². The van der Waals surface area contributed by atoms with Gasteiger partial charge < -0.3 is 14.7 Å². The summed E-state index contributed by atoms with van der Waals surface area (Å²) < 4.78 is 17.9. The summed E-state index contributed by atoms with van der Waals surface area (Å²) in [6, 6.07) is 7.21. The van der Waals surface area contributed by atoms with Crippen molar-refractivity contribution in [1.82, 2.24) is 15.0 Å². The quantitative estimate of drug-likeness (QED) is 0.901.